The molecule has 3 rings (SSSR count). The van der Waals surface area contributed by atoms with E-state index in [0.717, 1.165) is 64.0 Å². The zero-order valence-corrected chi connectivity index (χ0v) is 14.6. The van der Waals surface area contributed by atoms with Gasteiger partial charge in [-0.3, -0.25) is 9.69 Å². The van der Waals surface area contributed by atoms with Gasteiger partial charge in [0.2, 0.25) is 5.91 Å². The third kappa shape index (κ3) is 4.68. The van der Waals surface area contributed by atoms with Crippen LogP contribution in [0.3, 0.4) is 0 Å². The molecule has 2 unspecified atom stereocenters. The highest BCUT2D eigenvalue weighted by Gasteiger charge is 2.24. The Balaban J connectivity index is 1.47. The first kappa shape index (κ1) is 17.6. The predicted octanol–water partition coefficient (Wildman–Crippen LogP) is 2.56. The Morgan fingerprint density at radius 1 is 1.38 bits per heavy atom. The van der Waals surface area contributed by atoms with E-state index in [1.54, 1.807) is 6.07 Å². The molecular formula is C18H25ClFN3O. The number of nitrogens with one attached hydrogen (secondary N) is 2. The van der Waals surface area contributed by atoms with Gasteiger partial charge in [-0.15, -0.1) is 0 Å². The van der Waals surface area contributed by atoms with Crippen molar-refractivity contribution in [2.75, 3.05) is 26.2 Å². The lowest BCUT2D eigenvalue weighted by Crippen LogP contribution is -2.45. The Hall–Kier alpha value is -1.17. The average molecular weight is 354 g/mol. The third-order valence-corrected chi connectivity index (χ3v) is 5.24. The predicted molar refractivity (Wildman–Crippen MR) is 93.4 cm³/mol. The number of halogens is 2. The molecule has 2 aliphatic rings. The van der Waals surface area contributed by atoms with Gasteiger partial charge in [0, 0.05) is 19.6 Å². The third-order valence-electron chi connectivity index (χ3n) is 4.94. The van der Waals surface area contributed by atoms with Crippen molar-refractivity contribution in [2.45, 2.75) is 38.3 Å². The van der Waals surface area contributed by atoms with E-state index in [2.05, 4.69) is 15.5 Å². The highest BCUT2D eigenvalue weighted by atomic mass is 35.5. The van der Waals surface area contributed by atoms with Gasteiger partial charge in [-0.25, -0.2) is 4.39 Å². The molecule has 0 radical (unpaired) electrons. The van der Waals surface area contributed by atoms with Gasteiger partial charge in [0.05, 0.1) is 11.1 Å². The van der Waals surface area contributed by atoms with Crippen LogP contribution in [0.2, 0.25) is 5.02 Å². The highest BCUT2D eigenvalue weighted by Crippen LogP contribution is 2.21. The van der Waals surface area contributed by atoms with Crippen molar-refractivity contribution < 1.29 is 9.18 Å². The van der Waals surface area contributed by atoms with E-state index in [1.165, 1.54) is 6.07 Å². The van der Waals surface area contributed by atoms with Gasteiger partial charge in [-0.1, -0.05) is 17.7 Å². The molecule has 2 N–H and O–H groups in total. The van der Waals surface area contributed by atoms with Crippen molar-refractivity contribution in [1.82, 2.24) is 15.5 Å². The van der Waals surface area contributed by atoms with Gasteiger partial charge in [0.1, 0.15) is 5.82 Å². The van der Waals surface area contributed by atoms with Gasteiger partial charge in [-0.05, 0) is 62.4 Å². The zero-order chi connectivity index (χ0) is 16.9. The summed E-state index contributed by atoms with van der Waals surface area (Å²) in [5.74, 6) is 0.227. The SMILES string of the molecule is O=C(NCC1CCCN(Cc2ccc(Cl)c(F)c2)C1)C1CCCN1. The summed E-state index contributed by atoms with van der Waals surface area (Å²) in [5.41, 5.74) is 0.941. The molecule has 132 valence electrons. The normalized spacial score (nSPS) is 24.9. The van der Waals surface area contributed by atoms with Gasteiger partial charge in [-0.2, -0.15) is 0 Å². The van der Waals surface area contributed by atoms with Crippen LogP contribution in [0.5, 0.6) is 0 Å². The number of hydrogen-bond donors (Lipinski definition) is 2. The molecule has 2 fully saturated rings. The fourth-order valence-electron chi connectivity index (χ4n) is 3.63. The van der Waals surface area contributed by atoms with Crippen LogP contribution >= 0.6 is 11.6 Å². The molecule has 1 aromatic rings. The fourth-order valence-corrected chi connectivity index (χ4v) is 3.75. The summed E-state index contributed by atoms with van der Waals surface area (Å²) in [6.45, 7) is 4.33. The Labute approximate surface area is 147 Å². The van der Waals surface area contributed by atoms with Crippen molar-refractivity contribution in [3.8, 4) is 0 Å². The van der Waals surface area contributed by atoms with Crippen molar-refractivity contribution in [3.05, 3.63) is 34.6 Å². The maximum Gasteiger partial charge on any atom is 0.237 e. The lowest BCUT2D eigenvalue weighted by Gasteiger charge is -2.33. The number of likely N-dealkylation sites (tertiary alicyclic amines) is 1. The molecule has 4 nitrogen and oxygen atoms in total. The van der Waals surface area contributed by atoms with Crippen molar-refractivity contribution >= 4 is 17.5 Å². The first-order chi connectivity index (χ1) is 11.6. The fraction of sp³-hybridized carbons (Fsp3) is 0.611. The molecule has 1 aromatic carbocycles. The van der Waals surface area contributed by atoms with Crippen molar-refractivity contribution in [2.24, 2.45) is 5.92 Å². The molecule has 0 aliphatic carbocycles. The van der Waals surface area contributed by atoms with Crippen molar-refractivity contribution in [3.63, 3.8) is 0 Å². The first-order valence-corrected chi connectivity index (χ1v) is 9.17. The van der Waals surface area contributed by atoms with Gasteiger partial charge in [0.25, 0.3) is 0 Å². The van der Waals surface area contributed by atoms with Gasteiger partial charge >= 0.3 is 0 Å². The number of amides is 1. The summed E-state index contributed by atoms with van der Waals surface area (Å²) >= 11 is 5.74. The van der Waals surface area contributed by atoms with Crippen LogP contribution in [-0.4, -0.2) is 43.0 Å². The Kier molecular flexibility index (Phi) is 6.09. The van der Waals surface area contributed by atoms with Crippen LogP contribution in [0.4, 0.5) is 4.39 Å². The van der Waals surface area contributed by atoms with Crippen LogP contribution in [0, 0.1) is 11.7 Å². The maximum absolute atomic E-state index is 13.6. The minimum Gasteiger partial charge on any atom is -0.354 e. The molecule has 0 aromatic heterocycles. The molecule has 2 heterocycles. The van der Waals surface area contributed by atoms with Crippen LogP contribution in [0.1, 0.15) is 31.2 Å². The summed E-state index contributed by atoms with van der Waals surface area (Å²) in [5, 5.41) is 6.48. The van der Waals surface area contributed by atoms with E-state index in [-0.39, 0.29) is 22.8 Å². The summed E-state index contributed by atoms with van der Waals surface area (Å²) in [7, 11) is 0. The first-order valence-electron chi connectivity index (χ1n) is 8.79. The molecule has 6 heteroatoms. The minimum absolute atomic E-state index is 0.0123. The van der Waals surface area contributed by atoms with E-state index < -0.39 is 0 Å². The second kappa shape index (κ2) is 8.28. The molecule has 0 spiro atoms. The quantitative estimate of drug-likeness (QED) is 0.855. The van der Waals surface area contributed by atoms with E-state index in [4.69, 9.17) is 11.6 Å². The number of piperidine rings is 1. The zero-order valence-electron chi connectivity index (χ0n) is 13.9. The average Bonchev–Trinajstić information content (AvgIpc) is 3.11. The monoisotopic (exact) mass is 353 g/mol. The Morgan fingerprint density at radius 3 is 3.00 bits per heavy atom. The van der Waals surface area contributed by atoms with Crippen LogP contribution in [0.25, 0.3) is 0 Å². The lowest BCUT2D eigenvalue weighted by atomic mass is 9.97. The van der Waals surface area contributed by atoms with E-state index in [9.17, 15) is 9.18 Å². The second-order valence-corrected chi connectivity index (χ2v) is 7.29. The van der Waals surface area contributed by atoms with Crippen LogP contribution in [-0.2, 0) is 11.3 Å². The molecular weight excluding hydrogens is 329 g/mol. The maximum atomic E-state index is 13.6. The largest absolute Gasteiger partial charge is 0.354 e. The molecule has 2 atom stereocenters. The van der Waals surface area contributed by atoms with E-state index in [1.807, 2.05) is 6.07 Å². The van der Waals surface area contributed by atoms with Gasteiger partial charge < -0.3 is 10.6 Å². The van der Waals surface area contributed by atoms with Crippen LogP contribution in [0.15, 0.2) is 18.2 Å². The summed E-state index contributed by atoms with van der Waals surface area (Å²) < 4.78 is 13.6. The lowest BCUT2D eigenvalue weighted by molar-refractivity contribution is -0.123. The van der Waals surface area contributed by atoms with E-state index in [0.29, 0.717) is 5.92 Å². The summed E-state index contributed by atoms with van der Waals surface area (Å²) in [4.78, 5) is 14.4. The summed E-state index contributed by atoms with van der Waals surface area (Å²) in [6.07, 6.45) is 4.25. The highest BCUT2D eigenvalue weighted by molar-refractivity contribution is 6.30. The number of benzene rings is 1. The van der Waals surface area contributed by atoms with Crippen molar-refractivity contribution in [1.29, 1.82) is 0 Å². The molecule has 1 amide bonds. The topological polar surface area (TPSA) is 44.4 Å². The standard InChI is InChI=1S/C18H25ClFN3O/c19-15-6-5-13(9-16(15)20)11-23-8-2-3-14(12-23)10-22-18(24)17-4-1-7-21-17/h5-6,9,14,17,21H,1-4,7-8,10-12H2,(H,22,24). The molecule has 2 aliphatic heterocycles. The number of carbonyl (C=O) groups excluding carboxylic acids is 1. The molecule has 0 bridgehead atoms. The minimum atomic E-state index is -0.362. The second-order valence-electron chi connectivity index (χ2n) is 6.89. The van der Waals surface area contributed by atoms with Crippen LogP contribution < -0.4 is 10.6 Å². The number of nitrogens with zero attached hydrogens (tertiary/aromatic N) is 1. The Bertz CT molecular complexity index is 577. The number of rotatable bonds is 5. The number of hydrogen-bond acceptors (Lipinski definition) is 3. The number of carbonyl (C=O) groups is 1. The van der Waals surface area contributed by atoms with Gasteiger partial charge in [0.15, 0.2) is 0 Å². The Morgan fingerprint density at radius 2 is 2.25 bits per heavy atom. The molecule has 2 saturated heterocycles. The molecule has 24 heavy (non-hydrogen) atoms. The van der Waals surface area contributed by atoms with E-state index >= 15 is 0 Å². The summed E-state index contributed by atoms with van der Waals surface area (Å²) in [6, 6.07) is 4.99. The smallest absolute Gasteiger partial charge is 0.237 e. The molecule has 0 saturated carbocycles.